The maximum Gasteiger partial charge on any atom is 0.313 e. The smallest absolute Gasteiger partial charge is 0.313 e. The first-order chi connectivity index (χ1) is 16.6. The molecule has 0 spiro atoms. The summed E-state index contributed by atoms with van der Waals surface area (Å²) in [6, 6.07) is 8.27. The SMILES string of the molecule is CS(=O)(=O)N1CCC(CNC(=O)C(=O)Nc2ccc3c(c2)N(S(=O)(=O)c2cccs2)CCC3)CC1. The first-order valence-electron chi connectivity index (χ1n) is 11.3. The number of hydrogen-bond acceptors (Lipinski definition) is 7. The first-order valence-corrected chi connectivity index (χ1v) is 15.5. The number of aryl methyl sites for hydroxylation is 1. The second-order valence-electron chi connectivity index (χ2n) is 8.73. The summed E-state index contributed by atoms with van der Waals surface area (Å²) in [5.41, 5.74) is 1.69. The number of nitrogens with one attached hydrogen (secondary N) is 2. The monoisotopic (exact) mass is 540 g/mol. The predicted molar refractivity (Wildman–Crippen MR) is 134 cm³/mol. The van der Waals surface area contributed by atoms with E-state index in [2.05, 4.69) is 10.6 Å². The van der Waals surface area contributed by atoms with E-state index in [1.807, 2.05) is 0 Å². The Morgan fingerprint density at radius 1 is 1.06 bits per heavy atom. The molecule has 3 heterocycles. The molecule has 13 heteroatoms. The van der Waals surface area contributed by atoms with Crippen LogP contribution in [0.4, 0.5) is 11.4 Å². The van der Waals surface area contributed by atoms with Crippen molar-refractivity contribution < 1.29 is 26.4 Å². The van der Waals surface area contributed by atoms with Crippen LogP contribution in [0.2, 0.25) is 0 Å². The highest BCUT2D eigenvalue weighted by Gasteiger charge is 2.30. The van der Waals surface area contributed by atoms with Crippen LogP contribution in [0.15, 0.2) is 39.9 Å². The van der Waals surface area contributed by atoms with Gasteiger partial charge in [0.1, 0.15) is 4.21 Å². The Hall–Kier alpha value is -2.48. The average Bonchev–Trinajstić information content (AvgIpc) is 3.38. The molecule has 190 valence electrons. The third kappa shape index (κ3) is 5.85. The minimum Gasteiger partial charge on any atom is -0.348 e. The molecule has 0 bridgehead atoms. The summed E-state index contributed by atoms with van der Waals surface area (Å²) in [5.74, 6) is -1.55. The number of piperidine rings is 1. The van der Waals surface area contributed by atoms with Crippen LogP contribution >= 0.6 is 11.3 Å². The van der Waals surface area contributed by atoms with Gasteiger partial charge in [-0.2, -0.15) is 0 Å². The highest BCUT2D eigenvalue weighted by Crippen LogP contribution is 2.35. The van der Waals surface area contributed by atoms with Gasteiger partial charge in [-0.05, 0) is 60.7 Å². The van der Waals surface area contributed by atoms with Crippen LogP contribution in [0.25, 0.3) is 0 Å². The second kappa shape index (κ2) is 10.2. The molecule has 0 unspecified atom stereocenters. The number of nitrogens with zero attached hydrogens (tertiary/aromatic N) is 2. The predicted octanol–water partition coefficient (Wildman–Crippen LogP) is 1.62. The van der Waals surface area contributed by atoms with Crippen molar-refractivity contribution in [1.29, 1.82) is 0 Å². The van der Waals surface area contributed by atoms with E-state index in [-0.39, 0.29) is 16.7 Å². The van der Waals surface area contributed by atoms with Gasteiger partial charge in [0, 0.05) is 31.9 Å². The third-order valence-electron chi connectivity index (χ3n) is 6.26. The van der Waals surface area contributed by atoms with Crippen LogP contribution in [-0.2, 0) is 36.1 Å². The van der Waals surface area contributed by atoms with E-state index in [1.54, 1.807) is 35.7 Å². The van der Waals surface area contributed by atoms with Gasteiger partial charge in [-0.3, -0.25) is 13.9 Å². The van der Waals surface area contributed by atoms with Gasteiger partial charge in [0.2, 0.25) is 10.0 Å². The average molecular weight is 541 g/mol. The minimum atomic E-state index is -3.71. The van der Waals surface area contributed by atoms with Crippen LogP contribution < -0.4 is 14.9 Å². The molecule has 1 fully saturated rings. The van der Waals surface area contributed by atoms with Crippen molar-refractivity contribution >= 4 is 54.6 Å². The quantitative estimate of drug-likeness (QED) is 0.535. The third-order valence-corrected chi connectivity index (χ3v) is 10.7. The van der Waals surface area contributed by atoms with Gasteiger partial charge in [0.05, 0.1) is 11.9 Å². The maximum absolute atomic E-state index is 13.1. The van der Waals surface area contributed by atoms with E-state index >= 15 is 0 Å². The zero-order valence-electron chi connectivity index (χ0n) is 19.3. The molecule has 0 aliphatic carbocycles. The molecule has 0 saturated carbocycles. The van der Waals surface area contributed by atoms with Crippen molar-refractivity contribution in [3.05, 3.63) is 41.3 Å². The summed E-state index contributed by atoms with van der Waals surface area (Å²) in [6.45, 7) is 1.40. The summed E-state index contributed by atoms with van der Waals surface area (Å²) < 4.78 is 52.5. The van der Waals surface area contributed by atoms with E-state index in [0.717, 1.165) is 23.3 Å². The topological polar surface area (TPSA) is 133 Å². The molecule has 4 rings (SSSR count). The summed E-state index contributed by atoms with van der Waals surface area (Å²) >= 11 is 1.15. The zero-order chi connectivity index (χ0) is 25.2. The molecule has 2 aliphatic heterocycles. The van der Waals surface area contributed by atoms with Crippen LogP contribution in [-0.4, -0.2) is 65.4 Å². The van der Waals surface area contributed by atoms with Crippen LogP contribution in [0.1, 0.15) is 24.8 Å². The summed E-state index contributed by atoms with van der Waals surface area (Å²) in [7, 11) is -6.93. The van der Waals surface area contributed by atoms with Gasteiger partial charge in [-0.15, -0.1) is 11.3 Å². The second-order valence-corrected chi connectivity index (χ2v) is 13.7. The number of rotatable bonds is 6. The molecule has 1 aromatic heterocycles. The number of fused-ring (bicyclic) bond motifs is 1. The normalized spacial score (nSPS) is 17.6. The Kier molecular flexibility index (Phi) is 7.50. The molecule has 0 radical (unpaired) electrons. The lowest BCUT2D eigenvalue weighted by molar-refractivity contribution is -0.136. The number of carbonyl (C=O) groups excluding carboxylic acids is 2. The Bertz CT molecular complexity index is 1300. The lowest BCUT2D eigenvalue weighted by Crippen LogP contribution is -2.43. The van der Waals surface area contributed by atoms with E-state index in [4.69, 9.17) is 0 Å². The summed E-state index contributed by atoms with van der Waals surface area (Å²) in [4.78, 5) is 24.8. The van der Waals surface area contributed by atoms with Crippen LogP contribution in [0.5, 0.6) is 0 Å². The zero-order valence-corrected chi connectivity index (χ0v) is 21.7. The van der Waals surface area contributed by atoms with Crippen molar-refractivity contribution in [1.82, 2.24) is 9.62 Å². The maximum atomic E-state index is 13.1. The van der Waals surface area contributed by atoms with Gasteiger partial charge in [0.25, 0.3) is 10.0 Å². The minimum absolute atomic E-state index is 0.0875. The highest BCUT2D eigenvalue weighted by atomic mass is 32.2. The van der Waals surface area contributed by atoms with E-state index in [1.165, 1.54) is 14.9 Å². The summed E-state index contributed by atoms with van der Waals surface area (Å²) in [5, 5.41) is 6.88. The van der Waals surface area contributed by atoms with Gasteiger partial charge in [-0.1, -0.05) is 12.1 Å². The molecule has 2 N–H and O–H groups in total. The lowest BCUT2D eigenvalue weighted by atomic mass is 9.98. The Balaban J connectivity index is 1.37. The molecular weight excluding hydrogens is 512 g/mol. The fraction of sp³-hybridized carbons (Fsp3) is 0.455. The molecule has 1 saturated heterocycles. The van der Waals surface area contributed by atoms with Gasteiger partial charge < -0.3 is 10.6 Å². The van der Waals surface area contributed by atoms with Gasteiger partial charge in [0.15, 0.2) is 0 Å². The van der Waals surface area contributed by atoms with E-state index in [9.17, 15) is 26.4 Å². The molecule has 10 nitrogen and oxygen atoms in total. The number of hydrogen-bond donors (Lipinski definition) is 2. The van der Waals surface area contributed by atoms with Crippen molar-refractivity contribution in [2.45, 2.75) is 29.9 Å². The van der Waals surface area contributed by atoms with Crippen molar-refractivity contribution in [3.63, 3.8) is 0 Å². The molecule has 2 aliphatic rings. The number of anilines is 2. The first kappa shape index (κ1) is 25.6. The van der Waals surface area contributed by atoms with Crippen LogP contribution in [0.3, 0.4) is 0 Å². The largest absolute Gasteiger partial charge is 0.348 e. The fourth-order valence-corrected chi connectivity index (χ4v) is 7.85. The molecule has 2 aromatic rings. The van der Waals surface area contributed by atoms with Crippen molar-refractivity contribution in [3.8, 4) is 0 Å². The van der Waals surface area contributed by atoms with Crippen molar-refractivity contribution in [2.24, 2.45) is 5.92 Å². The van der Waals surface area contributed by atoms with Gasteiger partial charge in [-0.25, -0.2) is 21.1 Å². The molecule has 2 amide bonds. The number of benzene rings is 1. The standard InChI is InChI=1S/C22H28N4O6S3/c1-34(29,30)25-11-8-16(9-12-25)15-23-21(27)22(28)24-18-7-6-17-4-2-10-26(19(17)14-18)35(31,32)20-5-3-13-33-20/h3,5-7,13-14,16H,2,4,8-12,15H2,1H3,(H,23,27)(H,24,28). The van der Waals surface area contributed by atoms with E-state index in [0.29, 0.717) is 50.3 Å². The summed E-state index contributed by atoms with van der Waals surface area (Å²) in [6.07, 6.45) is 3.80. The number of thiophene rings is 1. The highest BCUT2D eigenvalue weighted by molar-refractivity contribution is 7.94. The molecule has 0 atom stereocenters. The Morgan fingerprint density at radius 2 is 1.80 bits per heavy atom. The number of sulfonamides is 2. The number of amides is 2. The van der Waals surface area contributed by atoms with E-state index < -0.39 is 31.9 Å². The van der Waals surface area contributed by atoms with Crippen molar-refractivity contribution in [2.75, 3.05) is 42.1 Å². The fourth-order valence-electron chi connectivity index (χ4n) is 4.34. The Morgan fingerprint density at radius 3 is 2.46 bits per heavy atom. The number of carbonyl (C=O) groups is 2. The van der Waals surface area contributed by atoms with Gasteiger partial charge >= 0.3 is 11.8 Å². The molecular formula is C22H28N4O6S3. The molecule has 35 heavy (non-hydrogen) atoms. The molecule has 1 aromatic carbocycles. The lowest BCUT2D eigenvalue weighted by Gasteiger charge is -2.30. The van der Waals surface area contributed by atoms with Crippen LogP contribution in [0, 0.1) is 5.92 Å². The Labute approximate surface area is 209 Å².